The van der Waals surface area contributed by atoms with Crippen LogP contribution in [0.2, 0.25) is 0 Å². The molecular weight excluding hydrogens is 372 g/mol. The van der Waals surface area contributed by atoms with E-state index in [2.05, 4.69) is 16.3 Å². The predicted molar refractivity (Wildman–Crippen MR) is 109 cm³/mol. The molecular formula is C21H26N4O2S. The molecule has 1 N–H and O–H groups in total. The van der Waals surface area contributed by atoms with E-state index in [1.54, 1.807) is 11.3 Å². The van der Waals surface area contributed by atoms with Crippen molar-refractivity contribution in [2.24, 2.45) is 0 Å². The smallest absolute Gasteiger partial charge is 0.323 e. The maximum absolute atomic E-state index is 13.2. The molecule has 7 heteroatoms. The van der Waals surface area contributed by atoms with Crippen LogP contribution in [0.5, 0.6) is 0 Å². The highest BCUT2D eigenvalue weighted by atomic mass is 32.1. The highest BCUT2D eigenvalue weighted by Crippen LogP contribution is 2.38. The van der Waals surface area contributed by atoms with E-state index >= 15 is 0 Å². The first kappa shape index (κ1) is 18.1. The SMILES string of the molecule is O=C1NC2(CCCCC2)C(=O)N1CN1CCCCC1c1nc2ccccc2s1. The van der Waals surface area contributed by atoms with E-state index in [1.165, 1.54) is 9.60 Å². The summed E-state index contributed by atoms with van der Waals surface area (Å²) in [6, 6.07) is 8.16. The van der Waals surface area contributed by atoms with Crippen LogP contribution < -0.4 is 5.32 Å². The van der Waals surface area contributed by atoms with E-state index < -0.39 is 5.54 Å². The largest absolute Gasteiger partial charge is 0.326 e. The number of amides is 3. The van der Waals surface area contributed by atoms with Crippen LogP contribution >= 0.6 is 11.3 Å². The summed E-state index contributed by atoms with van der Waals surface area (Å²) in [6.45, 7) is 1.26. The molecule has 0 bridgehead atoms. The standard InChI is InChI=1S/C21H26N4O2S/c26-19-21(11-5-1-6-12-21)23-20(27)25(19)14-24-13-7-4-9-16(24)18-22-15-8-2-3-10-17(15)28-18/h2-3,8,10,16H,1,4-7,9,11-14H2,(H,23,27). The van der Waals surface area contributed by atoms with Gasteiger partial charge in [-0.05, 0) is 37.8 Å². The lowest BCUT2D eigenvalue weighted by Gasteiger charge is -2.36. The Labute approximate surface area is 168 Å². The summed E-state index contributed by atoms with van der Waals surface area (Å²) < 4.78 is 1.19. The third kappa shape index (κ3) is 3.01. The Kier molecular flexibility index (Phi) is 4.59. The number of hydrogen-bond acceptors (Lipinski definition) is 5. The van der Waals surface area contributed by atoms with E-state index in [4.69, 9.17) is 4.98 Å². The summed E-state index contributed by atoms with van der Waals surface area (Å²) in [5.41, 5.74) is 0.389. The summed E-state index contributed by atoms with van der Waals surface area (Å²) >= 11 is 1.73. The summed E-state index contributed by atoms with van der Waals surface area (Å²) in [7, 11) is 0. The first-order chi connectivity index (χ1) is 13.7. The van der Waals surface area contributed by atoms with Gasteiger partial charge in [0.2, 0.25) is 0 Å². The van der Waals surface area contributed by atoms with Crippen molar-refractivity contribution in [3.05, 3.63) is 29.3 Å². The van der Waals surface area contributed by atoms with Crippen molar-refractivity contribution in [2.45, 2.75) is 62.9 Å². The molecule has 3 fully saturated rings. The number of thiazole rings is 1. The van der Waals surface area contributed by atoms with Crippen molar-refractivity contribution in [1.82, 2.24) is 20.1 Å². The number of urea groups is 1. The van der Waals surface area contributed by atoms with E-state index in [1.807, 2.05) is 18.2 Å². The van der Waals surface area contributed by atoms with Gasteiger partial charge in [-0.15, -0.1) is 11.3 Å². The number of para-hydroxylation sites is 1. The lowest BCUT2D eigenvalue weighted by Crippen LogP contribution is -2.49. The predicted octanol–water partition coefficient (Wildman–Crippen LogP) is 4.04. The van der Waals surface area contributed by atoms with Gasteiger partial charge in [0.25, 0.3) is 5.91 Å². The molecule has 2 aromatic rings. The van der Waals surface area contributed by atoms with Crippen LogP contribution in [0.1, 0.15) is 62.4 Å². The second kappa shape index (κ2) is 7.12. The van der Waals surface area contributed by atoms with Gasteiger partial charge in [-0.1, -0.05) is 37.8 Å². The van der Waals surface area contributed by atoms with Crippen LogP contribution in [0.15, 0.2) is 24.3 Å². The molecule has 1 spiro atoms. The fourth-order valence-electron chi connectivity index (χ4n) is 4.95. The first-order valence-corrected chi connectivity index (χ1v) is 11.2. The van der Waals surface area contributed by atoms with Crippen molar-refractivity contribution < 1.29 is 9.59 Å². The summed E-state index contributed by atoms with van der Waals surface area (Å²) in [4.78, 5) is 34.4. The van der Waals surface area contributed by atoms with Gasteiger partial charge in [-0.2, -0.15) is 0 Å². The lowest BCUT2D eigenvalue weighted by molar-refractivity contribution is -0.134. The molecule has 1 aromatic carbocycles. The highest BCUT2D eigenvalue weighted by Gasteiger charge is 2.51. The van der Waals surface area contributed by atoms with Crippen molar-refractivity contribution >= 4 is 33.5 Å². The maximum atomic E-state index is 13.2. The van der Waals surface area contributed by atoms with Crippen molar-refractivity contribution in [2.75, 3.05) is 13.2 Å². The number of aromatic nitrogens is 1. The van der Waals surface area contributed by atoms with Gasteiger partial charge >= 0.3 is 6.03 Å². The molecule has 6 nitrogen and oxygen atoms in total. The van der Waals surface area contributed by atoms with Gasteiger partial charge in [-0.3, -0.25) is 9.69 Å². The zero-order valence-electron chi connectivity index (χ0n) is 16.0. The molecule has 28 heavy (non-hydrogen) atoms. The third-order valence-electron chi connectivity index (χ3n) is 6.49. The number of nitrogens with zero attached hydrogens (tertiary/aromatic N) is 3. The highest BCUT2D eigenvalue weighted by molar-refractivity contribution is 7.18. The average Bonchev–Trinajstić information content (AvgIpc) is 3.24. The number of imide groups is 1. The molecule has 0 radical (unpaired) electrons. The van der Waals surface area contributed by atoms with Gasteiger partial charge in [0, 0.05) is 6.54 Å². The van der Waals surface area contributed by atoms with Crippen LogP contribution in [0.25, 0.3) is 10.2 Å². The van der Waals surface area contributed by atoms with Crippen molar-refractivity contribution in [3.63, 3.8) is 0 Å². The quantitative estimate of drug-likeness (QED) is 0.793. The molecule has 1 unspecified atom stereocenters. The molecule has 1 saturated carbocycles. The van der Waals surface area contributed by atoms with Crippen LogP contribution in [-0.4, -0.2) is 45.5 Å². The normalized spacial score (nSPS) is 25.6. The van der Waals surface area contributed by atoms with Crippen LogP contribution in [-0.2, 0) is 4.79 Å². The number of nitrogens with one attached hydrogen (secondary N) is 1. The molecule has 1 atom stereocenters. The van der Waals surface area contributed by atoms with E-state index in [0.29, 0.717) is 6.67 Å². The second-order valence-corrected chi connectivity index (χ2v) is 9.35. The maximum Gasteiger partial charge on any atom is 0.326 e. The fraction of sp³-hybridized carbons (Fsp3) is 0.571. The molecule has 148 valence electrons. The summed E-state index contributed by atoms with van der Waals surface area (Å²) in [5, 5.41) is 4.13. The molecule has 5 rings (SSSR count). The van der Waals surface area contributed by atoms with Gasteiger partial charge in [0.15, 0.2) is 0 Å². The van der Waals surface area contributed by atoms with Crippen LogP contribution in [0, 0.1) is 0 Å². The monoisotopic (exact) mass is 398 g/mol. The number of carbonyl (C=O) groups is 2. The Balaban J connectivity index is 1.38. The van der Waals surface area contributed by atoms with E-state index in [0.717, 1.165) is 68.4 Å². The zero-order chi connectivity index (χ0) is 19.1. The minimum Gasteiger partial charge on any atom is -0.323 e. The number of benzene rings is 1. The van der Waals surface area contributed by atoms with Crippen molar-refractivity contribution in [1.29, 1.82) is 0 Å². The zero-order valence-corrected chi connectivity index (χ0v) is 16.8. The topological polar surface area (TPSA) is 65.5 Å². The van der Waals surface area contributed by atoms with Crippen molar-refractivity contribution in [3.8, 4) is 0 Å². The Morgan fingerprint density at radius 2 is 1.93 bits per heavy atom. The van der Waals surface area contributed by atoms with Gasteiger partial charge in [-0.25, -0.2) is 14.7 Å². The average molecular weight is 399 g/mol. The molecule has 1 aliphatic carbocycles. The molecule has 3 aliphatic rings. The molecule has 3 heterocycles. The minimum absolute atomic E-state index is 0.0224. The van der Waals surface area contributed by atoms with Gasteiger partial charge in [0.05, 0.1) is 22.9 Å². The number of rotatable bonds is 3. The van der Waals surface area contributed by atoms with Gasteiger partial charge < -0.3 is 5.32 Å². The Morgan fingerprint density at radius 1 is 1.11 bits per heavy atom. The number of fused-ring (bicyclic) bond motifs is 1. The Bertz CT molecular complexity index is 872. The molecule has 2 saturated heterocycles. The molecule has 2 aliphatic heterocycles. The number of hydrogen-bond donors (Lipinski definition) is 1. The Hall–Kier alpha value is -1.99. The Morgan fingerprint density at radius 3 is 2.75 bits per heavy atom. The van der Waals surface area contributed by atoms with Crippen LogP contribution in [0.3, 0.4) is 0 Å². The summed E-state index contributed by atoms with van der Waals surface area (Å²) in [6.07, 6.45) is 7.99. The van der Waals surface area contributed by atoms with E-state index in [-0.39, 0.29) is 18.0 Å². The lowest BCUT2D eigenvalue weighted by atomic mass is 9.82. The fourth-order valence-corrected chi connectivity index (χ4v) is 6.09. The number of piperidine rings is 1. The van der Waals surface area contributed by atoms with Crippen LogP contribution in [0.4, 0.5) is 4.79 Å². The van der Waals surface area contributed by atoms with E-state index in [9.17, 15) is 9.59 Å². The number of likely N-dealkylation sites (tertiary alicyclic amines) is 1. The minimum atomic E-state index is -0.642. The molecule has 3 amide bonds. The molecule has 1 aromatic heterocycles. The second-order valence-electron chi connectivity index (χ2n) is 8.29. The van der Waals surface area contributed by atoms with Gasteiger partial charge in [0.1, 0.15) is 10.5 Å². The number of carbonyl (C=O) groups excluding carboxylic acids is 2. The third-order valence-corrected chi connectivity index (χ3v) is 7.62. The summed E-state index contributed by atoms with van der Waals surface area (Å²) in [5.74, 6) is -0.0224. The first-order valence-electron chi connectivity index (χ1n) is 10.4.